The van der Waals surface area contributed by atoms with Crippen LogP contribution >= 0.6 is 12.4 Å². The summed E-state index contributed by atoms with van der Waals surface area (Å²) in [7, 11) is 0. The topological polar surface area (TPSA) is 73.6 Å². The van der Waals surface area contributed by atoms with E-state index >= 15 is 0 Å². The van der Waals surface area contributed by atoms with E-state index in [9.17, 15) is 13.6 Å². The van der Waals surface area contributed by atoms with Crippen LogP contribution in [0.4, 0.5) is 14.5 Å². The van der Waals surface area contributed by atoms with Crippen LogP contribution in [0.5, 0.6) is 11.5 Å². The van der Waals surface area contributed by atoms with E-state index in [1.54, 1.807) is 0 Å². The molecule has 122 valence electrons. The summed E-state index contributed by atoms with van der Waals surface area (Å²) in [6.07, 6.45) is -0.221. The van der Waals surface area contributed by atoms with Gasteiger partial charge in [0, 0.05) is 18.3 Å². The zero-order valence-corrected chi connectivity index (χ0v) is 12.6. The van der Waals surface area contributed by atoms with Crippen LogP contribution < -0.4 is 20.5 Å². The van der Waals surface area contributed by atoms with Gasteiger partial charge in [-0.05, 0) is 25.0 Å². The van der Waals surface area contributed by atoms with Crippen molar-refractivity contribution in [2.24, 2.45) is 11.1 Å². The molecule has 1 fully saturated rings. The molecule has 2 aliphatic rings. The number of halogens is 3. The number of nitrogens with one attached hydrogen (secondary N) is 1. The maximum absolute atomic E-state index is 12.9. The van der Waals surface area contributed by atoms with Gasteiger partial charge in [0.15, 0.2) is 11.5 Å². The van der Waals surface area contributed by atoms with Gasteiger partial charge < -0.3 is 20.5 Å². The van der Waals surface area contributed by atoms with Crippen LogP contribution in [0, 0.1) is 5.41 Å². The molecule has 0 unspecified atom stereocenters. The largest absolute Gasteiger partial charge is 0.586 e. The number of benzene rings is 1. The first kappa shape index (κ1) is 16.8. The van der Waals surface area contributed by atoms with Gasteiger partial charge in [-0.1, -0.05) is 12.8 Å². The van der Waals surface area contributed by atoms with E-state index in [-0.39, 0.29) is 36.4 Å². The summed E-state index contributed by atoms with van der Waals surface area (Å²) in [5, 5.41) is 2.73. The Morgan fingerprint density at radius 2 is 1.86 bits per heavy atom. The maximum atomic E-state index is 12.9. The van der Waals surface area contributed by atoms with Gasteiger partial charge in [0.05, 0.1) is 5.41 Å². The second-order valence-electron chi connectivity index (χ2n) is 5.47. The standard InChI is InChI=1S/C14H16F2N2O3.ClH/c15-14(16)20-10-4-3-9(7-11(10)21-14)18-12(19)13(8-17)5-1-2-6-13;/h3-4,7H,1-2,5-6,8,17H2,(H,18,19);1H. The predicted molar refractivity (Wildman–Crippen MR) is 78.5 cm³/mol. The Kier molecular flexibility index (Phi) is 4.49. The zero-order chi connectivity index (χ0) is 15.1. The van der Waals surface area contributed by atoms with E-state index in [0.29, 0.717) is 5.69 Å². The smallest absolute Gasteiger partial charge is 0.395 e. The fourth-order valence-electron chi connectivity index (χ4n) is 2.87. The van der Waals surface area contributed by atoms with Crippen molar-refractivity contribution in [1.82, 2.24) is 0 Å². The van der Waals surface area contributed by atoms with Crippen molar-refractivity contribution in [3.63, 3.8) is 0 Å². The first-order chi connectivity index (χ1) is 9.94. The van der Waals surface area contributed by atoms with Gasteiger partial charge >= 0.3 is 6.29 Å². The number of carbonyl (C=O) groups excluding carboxylic acids is 1. The highest BCUT2D eigenvalue weighted by Crippen LogP contribution is 2.43. The van der Waals surface area contributed by atoms with Crippen molar-refractivity contribution < 1.29 is 23.0 Å². The molecule has 3 rings (SSSR count). The van der Waals surface area contributed by atoms with Gasteiger partial charge in [-0.2, -0.15) is 0 Å². The summed E-state index contributed by atoms with van der Waals surface area (Å²) < 4.78 is 34.6. The van der Waals surface area contributed by atoms with Crippen molar-refractivity contribution >= 4 is 24.0 Å². The molecule has 0 saturated heterocycles. The molecule has 0 bridgehead atoms. The molecule has 1 aromatic carbocycles. The predicted octanol–water partition coefficient (Wildman–Crippen LogP) is 2.89. The quantitative estimate of drug-likeness (QED) is 0.891. The van der Waals surface area contributed by atoms with Crippen molar-refractivity contribution in [1.29, 1.82) is 0 Å². The van der Waals surface area contributed by atoms with Crippen LogP contribution in [0.25, 0.3) is 0 Å². The van der Waals surface area contributed by atoms with Gasteiger partial charge in [0.1, 0.15) is 0 Å². The molecular weight excluding hydrogens is 318 g/mol. The number of nitrogens with two attached hydrogens (primary N) is 1. The van der Waals surface area contributed by atoms with Crippen LogP contribution in [-0.2, 0) is 4.79 Å². The number of anilines is 1. The van der Waals surface area contributed by atoms with Crippen LogP contribution in [0.15, 0.2) is 18.2 Å². The lowest BCUT2D eigenvalue weighted by atomic mass is 9.85. The van der Waals surface area contributed by atoms with Gasteiger partial charge in [-0.15, -0.1) is 21.2 Å². The lowest BCUT2D eigenvalue weighted by molar-refractivity contribution is -0.286. The van der Waals surface area contributed by atoms with Gasteiger partial charge in [-0.3, -0.25) is 4.79 Å². The molecule has 1 aliphatic heterocycles. The van der Waals surface area contributed by atoms with E-state index < -0.39 is 11.7 Å². The highest BCUT2D eigenvalue weighted by atomic mass is 35.5. The average molecular weight is 335 g/mol. The molecule has 0 radical (unpaired) electrons. The molecule has 0 atom stereocenters. The van der Waals surface area contributed by atoms with Gasteiger partial charge in [-0.25, -0.2) is 0 Å². The SMILES string of the molecule is Cl.NCC1(C(=O)Nc2ccc3c(c2)OC(F)(F)O3)CCCC1. The number of ether oxygens (including phenoxy) is 2. The number of hydrogen-bond donors (Lipinski definition) is 2. The lowest BCUT2D eigenvalue weighted by Gasteiger charge is -2.25. The molecule has 1 amide bonds. The number of amides is 1. The Balaban J connectivity index is 0.00000176. The van der Waals surface area contributed by atoms with E-state index in [1.807, 2.05) is 0 Å². The van der Waals surface area contributed by atoms with Crippen molar-refractivity contribution in [3.8, 4) is 11.5 Å². The summed E-state index contributed by atoms with van der Waals surface area (Å²) >= 11 is 0. The molecule has 3 N–H and O–H groups in total. The van der Waals surface area contributed by atoms with E-state index in [2.05, 4.69) is 14.8 Å². The summed E-state index contributed by atoms with van der Waals surface area (Å²) in [5.74, 6) is -0.313. The van der Waals surface area contributed by atoms with Crippen molar-refractivity contribution in [3.05, 3.63) is 18.2 Å². The Hall–Kier alpha value is -1.60. The van der Waals surface area contributed by atoms with Crippen molar-refractivity contribution in [2.75, 3.05) is 11.9 Å². The summed E-state index contributed by atoms with van der Waals surface area (Å²) in [6, 6.07) is 4.17. The lowest BCUT2D eigenvalue weighted by Crippen LogP contribution is -2.40. The highest BCUT2D eigenvalue weighted by molar-refractivity contribution is 5.96. The zero-order valence-electron chi connectivity index (χ0n) is 11.7. The Morgan fingerprint density at radius 1 is 1.23 bits per heavy atom. The minimum atomic E-state index is -3.66. The van der Waals surface area contributed by atoms with Crippen molar-refractivity contribution in [2.45, 2.75) is 32.0 Å². The molecule has 5 nitrogen and oxygen atoms in total. The van der Waals surface area contributed by atoms with E-state index in [0.717, 1.165) is 25.7 Å². The molecular formula is C14H17ClF2N2O3. The van der Waals surface area contributed by atoms with Gasteiger partial charge in [0.2, 0.25) is 5.91 Å². The molecule has 22 heavy (non-hydrogen) atoms. The third-order valence-corrected chi connectivity index (χ3v) is 4.09. The monoisotopic (exact) mass is 334 g/mol. The minimum Gasteiger partial charge on any atom is -0.395 e. The molecule has 1 aliphatic carbocycles. The van der Waals surface area contributed by atoms with Crippen LogP contribution in [0.2, 0.25) is 0 Å². The third-order valence-electron chi connectivity index (χ3n) is 4.09. The van der Waals surface area contributed by atoms with E-state index in [1.165, 1.54) is 18.2 Å². The molecule has 0 spiro atoms. The summed E-state index contributed by atoms with van der Waals surface area (Å²) in [6.45, 7) is 0.279. The van der Waals surface area contributed by atoms with Crippen LogP contribution in [0.3, 0.4) is 0 Å². The summed E-state index contributed by atoms with van der Waals surface area (Å²) in [4.78, 5) is 12.4. The Labute approximate surface area is 132 Å². The fraction of sp³-hybridized carbons (Fsp3) is 0.500. The van der Waals surface area contributed by atoms with Crippen LogP contribution in [-0.4, -0.2) is 18.7 Å². The average Bonchev–Trinajstić information content (AvgIpc) is 3.01. The molecule has 1 saturated carbocycles. The van der Waals surface area contributed by atoms with Gasteiger partial charge in [0.25, 0.3) is 0 Å². The number of rotatable bonds is 3. The number of carbonyl (C=O) groups is 1. The number of alkyl halides is 2. The minimum absolute atomic E-state index is 0. The normalized spacial score (nSPS) is 20.3. The number of hydrogen-bond acceptors (Lipinski definition) is 4. The first-order valence-corrected chi connectivity index (χ1v) is 6.86. The van der Waals surface area contributed by atoms with Crippen LogP contribution in [0.1, 0.15) is 25.7 Å². The third kappa shape index (κ3) is 2.96. The second kappa shape index (κ2) is 5.89. The first-order valence-electron chi connectivity index (χ1n) is 6.86. The van der Waals surface area contributed by atoms with E-state index in [4.69, 9.17) is 5.73 Å². The molecule has 1 heterocycles. The molecule has 1 aromatic rings. The molecule has 8 heteroatoms. The highest BCUT2D eigenvalue weighted by Gasteiger charge is 2.44. The Bertz CT molecular complexity index is 577. The number of fused-ring (bicyclic) bond motifs is 1. The summed E-state index contributed by atoms with van der Waals surface area (Å²) in [5.41, 5.74) is 5.58. The Morgan fingerprint density at radius 3 is 2.50 bits per heavy atom. The second-order valence-corrected chi connectivity index (χ2v) is 5.47. The molecule has 0 aromatic heterocycles. The maximum Gasteiger partial charge on any atom is 0.586 e. The fourth-order valence-corrected chi connectivity index (χ4v) is 2.87.